The molecule has 0 saturated heterocycles. The van der Waals surface area contributed by atoms with Crippen LogP contribution < -0.4 is 16.4 Å². The fraction of sp³-hybridized carbons (Fsp3) is 0.294. The van der Waals surface area contributed by atoms with Gasteiger partial charge in [-0.1, -0.05) is 11.2 Å². The Hall–Kier alpha value is -3.36. The quantitative estimate of drug-likeness (QED) is 0.661. The van der Waals surface area contributed by atoms with E-state index in [0.29, 0.717) is 11.3 Å². The number of nitrogens with zero attached hydrogens (tertiary/aromatic N) is 1. The highest BCUT2D eigenvalue weighted by atomic mass is 16.5. The number of carbonyl (C=O) groups is 3. The van der Waals surface area contributed by atoms with Gasteiger partial charge in [-0.15, -0.1) is 0 Å². The van der Waals surface area contributed by atoms with Crippen molar-refractivity contribution < 1.29 is 23.6 Å². The van der Waals surface area contributed by atoms with Crippen molar-refractivity contribution in [2.45, 2.75) is 25.8 Å². The Morgan fingerprint density at radius 3 is 2.77 bits per heavy atom. The average molecular weight is 358 g/mol. The summed E-state index contributed by atoms with van der Waals surface area (Å²) < 4.78 is 9.59. The smallest absolute Gasteiger partial charge is 0.346 e. The van der Waals surface area contributed by atoms with E-state index in [9.17, 15) is 14.4 Å². The Bertz CT molecular complexity index is 837. The van der Waals surface area contributed by atoms with E-state index in [-0.39, 0.29) is 29.1 Å². The summed E-state index contributed by atoms with van der Waals surface area (Å²) in [4.78, 5) is 35.9. The van der Waals surface area contributed by atoms with Crippen molar-refractivity contribution in [2.75, 3.05) is 17.7 Å². The van der Waals surface area contributed by atoms with Gasteiger partial charge in [0.2, 0.25) is 5.88 Å². The lowest BCUT2D eigenvalue weighted by molar-refractivity contribution is -0.119. The number of benzene rings is 1. The molecule has 3 rings (SSSR count). The minimum Gasteiger partial charge on any atom is -0.452 e. The van der Waals surface area contributed by atoms with Gasteiger partial charge in [0.1, 0.15) is 5.56 Å². The van der Waals surface area contributed by atoms with E-state index >= 15 is 0 Å². The van der Waals surface area contributed by atoms with Crippen molar-refractivity contribution in [3.8, 4) is 0 Å². The molecule has 1 aromatic heterocycles. The van der Waals surface area contributed by atoms with Gasteiger partial charge in [-0.05, 0) is 38.0 Å². The molecule has 0 bridgehead atoms. The third-order valence-electron chi connectivity index (χ3n) is 3.75. The topological polar surface area (TPSA) is 137 Å². The molecule has 4 N–H and O–H groups in total. The number of hydrogen-bond acceptors (Lipinski definition) is 7. The Morgan fingerprint density at radius 2 is 2.12 bits per heavy atom. The third kappa shape index (κ3) is 4.18. The second-order valence-corrected chi connectivity index (χ2v) is 5.96. The highest BCUT2D eigenvalue weighted by Crippen LogP contribution is 2.20. The molecule has 2 aromatic rings. The van der Waals surface area contributed by atoms with Crippen LogP contribution in [0, 0.1) is 6.92 Å². The minimum absolute atomic E-state index is 0.00320. The predicted molar refractivity (Wildman–Crippen MR) is 91.5 cm³/mol. The number of nitrogen functional groups attached to an aromatic ring is 1. The van der Waals surface area contributed by atoms with Gasteiger partial charge >= 0.3 is 5.97 Å². The van der Waals surface area contributed by atoms with Crippen LogP contribution in [-0.4, -0.2) is 35.6 Å². The molecule has 9 nitrogen and oxygen atoms in total. The molecule has 136 valence electrons. The van der Waals surface area contributed by atoms with Gasteiger partial charge in [0.25, 0.3) is 11.8 Å². The second kappa shape index (κ2) is 7.26. The zero-order valence-electron chi connectivity index (χ0n) is 14.1. The summed E-state index contributed by atoms with van der Waals surface area (Å²) in [5.74, 6) is -1.70. The van der Waals surface area contributed by atoms with Gasteiger partial charge in [-0.25, -0.2) is 4.79 Å². The summed E-state index contributed by atoms with van der Waals surface area (Å²) in [6, 6.07) is 6.75. The number of carbonyl (C=O) groups excluding carboxylic acids is 3. The third-order valence-corrected chi connectivity index (χ3v) is 3.75. The molecule has 1 aromatic carbocycles. The van der Waals surface area contributed by atoms with Crippen molar-refractivity contribution >= 4 is 29.4 Å². The second-order valence-electron chi connectivity index (χ2n) is 5.96. The lowest BCUT2D eigenvalue weighted by Crippen LogP contribution is -2.25. The normalized spacial score (nSPS) is 13.1. The fourth-order valence-electron chi connectivity index (χ4n) is 2.27. The van der Waals surface area contributed by atoms with E-state index in [1.165, 1.54) is 6.92 Å². The van der Waals surface area contributed by atoms with Gasteiger partial charge in [0.05, 0.1) is 5.69 Å². The number of aromatic nitrogens is 1. The molecule has 0 aliphatic heterocycles. The summed E-state index contributed by atoms with van der Waals surface area (Å²) in [5, 5.41) is 8.98. The zero-order valence-corrected chi connectivity index (χ0v) is 14.1. The molecule has 9 heteroatoms. The first kappa shape index (κ1) is 17.5. The Labute approximate surface area is 148 Å². The summed E-state index contributed by atoms with van der Waals surface area (Å²) in [6.45, 7) is 1.02. The van der Waals surface area contributed by atoms with Crippen LogP contribution in [0.25, 0.3) is 0 Å². The molecule has 1 heterocycles. The summed E-state index contributed by atoms with van der Waals surface area (Å²) >= 11 is 0. The van der Waals surface area contributed by atoms with Crippen LogP contribution in [0.15, 0.2) is 28.8 Å². The Morgan fingerprint density at radius 1 is 1.35 bits per heavy atom. The largest absolute Gasteiger partial charge is 0.452 e. The van der Waals surface area contributed by atoms with E-state index < -0.39 is 18.5 Å². The van der Waals surface area contributed by atoms with Crippen LogP contribution in [0.3, 0.4) is 0 Å². The van der Waals surface area contributed by atoms with Crippen molar-refractivity contribution in [2.24, 2.45) is 0 Å². The van der Waals surface area contributed by atoms with Crippen LogP contribution in [0.4, 0.5) is 11.6 Å². The maximum Gasteiger partial charge on any atom is 0.346 e. The number of hydrogen-bond donors (Lipinski definition) is 3. The molecule has 0 unspecified atom stereocenters. The van der Waals surface area contributed by atoms with Crippen molar-refractivity contribution in [1.29, 1.82) is 0 Å². The monoisotopic (exact) mass is 358 g/mol. The Balaban J connectivity index is 1.54. The van der Waals surface area contributed by atoms with E-state index in [2.05, 4.69) is 20.3 Å². The SMILES string of the molecule is Cc1noc(N)c1C(=O)OCC(=O)Nc1cccc(C(=O)NC2CC2)c1. The van der Waals surface area contributed by atoms with Gasteiger partial charge in [0, 0.05) is 17.3 Å². The van der Waals surface area contributed by atoms with Gasteiger partial charge in [-0.2, -0.15) is 0 Å². The minimum atomic E-state index is -0.797. The zero-order chi connectivity index (χ0) is 18.7. The molecule has 1 saturated carbocycles. The standard InChI is InChI=1S/C17H18N4O5/c1-9-14(15(18)26-21-9)17(24)25-8-13(22)19-12-4-2-3-10(7-12)16(23)20-11-5-6-11/h2-4,7,11H,5-6,8,18H2,1H3,(H,19,22)(H,20,23). The highest BCUT2D eigenvalue weighted by Gasteiger charge is 2.24. The van der Waals surface area contributed by atoms with Gasteiger partial charge in [0.15, 0.2) is 6.61 Å². The highest BCUT2D eigenvalue weighted by molar-refractivity contribution is 5.99. The van der Waals surface area contributed by atoms with Gasteiger partial charge < -0.3 is 25.6 Å². The molecule has 0 atom stereocenters. The lowest BCUT2D eigenvalue weighted by Gasteiger charge is -2.08. The fourth-order valence-corrected chi connectivity index (χ4v) is 2.27. The van der Waals surface area contributed by atoms with Gasteiger partial charge in [-0.3, -0.25) is 9.59 Å². The number of aryl methyl sites for hydroxylation is 1. The molecule has 2 amide bonds. The number of nitrogens with one attached hydrogen (secondary N) is 2. The molecular weight excluding hydrogens is 340 g/mol. The lowest BCUT2D eigenvalue weighted by atomic mass is 10.2. The number of nitrogens with two attached hydrogens (primary N) is 1. The average Bonchev–Trinajstić information content (AvgIpc) is 3.36. The summed E-state index contributed by atoms with van der Waals surface area (Å²) in [6.07, 6.45) is 1.98. The maximum absolute atomic E-state index is 12.0. The number of rotatable bonds is 6. The summed E-state index contributed by atoms with van der Waals surface area (Å²) in [5.41, 5.74) is 6.63. The molecule has 1 fully saturated rings. The van der Waals surface area contributed by atoms with Crippen molar-refractivity contribution in [3.05, 3.63) is 41.1 Å². The van der Waals surface area contributed by atoms with E-state index in [1.807, 2.05) is 0 Å². The molecule has 0 radical (unpaired) electrons. The molecule has 1 aliphatic rings. The van der Waals surface area contributed by atoms with E-state index in [1.54, 1.807) is 24.3 Å². The van der Waals surface area contributed by atoms with Crippen LogP contribution >= 0.6 is 0 Å². The number of ether oxygens (including phenoxy) is 1. The first-order valence-electron chi connectivity index (χ1n) is 8.03. The number of amides is 2. The molecule has 26 heavy (non-hydrogen) atoms. The first-order chi connectivity index (χ1) is 12.4. The molecular formula is C17H18N4O5. The van der Waals surface area contributed by atoms with E-state index in [4.69, 9.17) is 10.5 Å². The van der Waals surface area contributed by atoms with Crippen LogP contribution in [-0.2, 0) is 9.53 Å². The Kier molecular flexibility index (Phi) is 4.87. The predicted octanol–water partition coefficient (Wildman–Crippen LogP) is 1.25. The molecule has 1 aliphatic carbocycles. The van der Waals surface area contributed by atoms with E-state index in [0.717, 1.165) is 12.8 Å². The van der Waals surface area contributed by atoms with Crippen molar-refractivity contribution in [1.82, 2.24) is 10.5 Å². The molecule has 0 spiro atoms. The number of anilines is 2. The maximum atomic E-state index is 12.0. The van der Waals surface area contributed by atoms with Crippen molar-refractivity contribution in [3.63, 3.8) is 0 Å². The first-order valence-corrected chi connectivity index (χ1v) is 8.03. The van der Waals surface area contributed by atoms with Crippen LogP contribution in [0.1, 0.15) is 39.3 Å². The number of esters is 1. The summed E-state index contributed by atoms with van der Waals surface area (Å²) in [7, 11) is 0. The van der Waals surface area contributed by atoms with Crippen LogP contribution in [0.2, 0.25) is 0 Å². The van der Waals surface area contributed by atoms with Crippen LogP contribution in [0.5, 0.6) is 0 Å².